The average Bonchev–Trinajstić information content (AvgIpc) is 2.94. The van der Waals surface area contributed by atoms with Crippen LogP contribution in [0, 0.1) is 0 Å². The molecular weight excluding hydrogens is 328 g/mol. The Morgan fingerprint density at radius 1 is 1.08 bits per heavy atom. The summed E-state index contributed by atoms with van der Waals surface area (Å²) < 4.78 is 37.1. The van der Waals surface area contributed by atoms with Crippen LogP contribution in [0.3, 0.4) is 0 Å². The number of benzene rings is 2. The third kappa shape index (κ3) is 2.60. The van der Waals surface area contributed by atoms with Gasteiger partial charge in [-0.3, -0.25) is 0 Å². The molecule has 1 aliphatic heterocycles. The summed E-state index contributed by atoms with van der Waals surface area (Å²) in [5.74, 6) is 1.40. The lowest BCUT2D eigenvalue weighted by atomic mass is 10.2. The topological polar surface area (TPSA) is 70.4 Å². The summed E-state index contributed by atoms with van der Waals surface area (Å²) in [4.78, 5) is 4.29. The van der Waals surface area contributed by atoms with Gasteiger partial charge in [-0.1, -0.05) is 18.2 Å². The number of aromatic nitrogens is 2. The van der Waals surface area contributed by atoms with Crippen LogP contribution in [0.1, 0.15) is 5.56 Å². The molecule has 0 unspecified atom stereocenters. The van der Waals surface area contributed by atoms with E-state index in [0.717, 1.165) is 11.1 Å². The van der Waals surface area contributed by atoms with Crippen LogP contribution in [0.4, 0.5) is 0 Å². The van der Waals surface area contributed by atoms with Gasteiger partial charge in [0.05, 0.1) is 17.6 Å². The number of hydrogen-bond acceptors (Lipinski definition) is 5. The van der Waals surface area contributed by atoms with Crippen LogP contribution in [0.5, 0.6) is 11.5 Å². The van der Waals surface area contributed by atoms with Crippen LogP contribution in [-0.2, 0) is 16.4 Å². The minimum absolute atomic E-state index is 0.0681. The molecule has 124 valence electrons. The van der Waals surface area contributed by atoms with Crippen LogP contribution < -0.4 is 9.47 Å². The van der Waals surface area contributed by atoms with Crippen LogP contribution in [0.25, 0.3) is 11.0 Å². The van der Waals surface area contributed by atoms with Gasteiger partial charge in [-0.15, -0.1) is 0 Å². The third-order valence-corrected chi connectivity index (χ3v) is 4.87. The Morgan fingerprint density at radius 3 is 2.62 bits per heavy atom. The largest absolute Gasteiger partial charge is 0.486 e. The monoisotopic (exact) mass is 344 g/mol. The number of nitrogens with zero attached hydrogens (tertiary/aromatic N) is 2. The van der Waals surface area contributed by atoms with Crippen LogP contribution in [0.2, 0.25) is 0 Å². The van der Waals surface area contributed by atoms with Gasteiger partial charge in [-0.05, 0) is 29.8 Å². The van der Waals surface area contributed by atoms with E-state index < -0.39 is 9.84 Å². The lowest BCUT2D eigenvalue weighted by Gasteiger charge is -2.19. The van der Waals surface area contributed by atoms with Crippen molar-refractivity contribution in [2.45, 2.75) is 11.7 Å². The SMILES string of the molecule is CS(=O)(=O)c1nc2ccccc2n1Cc1ccc2c(c1)OCCO2. The number of sulfone groups is 1. The molecule has 2 heterocycles. The minimum atomic E-state index is -3.44. The molecule has 0 fully saturated rings. The van der Waals surface area contributed by atoms with Crippen molar-refractivity contribution >= 4 is 20.9 Å². The van der Waals surface area contributed by atoms with E-state index in [9.17, 15) is 8.42 Å². The smallest absolute Gasteiger partial charge is 0.228 e. The summed E-state index contributed by atoms with van der Waals surface area (Å²) >= 11 is 0. The fraction of sp³-hybridized carbons (Fsp3) is 0.235. The highest BCUT2D eigenvalue weighted by molar-refractivity contribution is 7.90. The lowest BCUT2D eigenvalue weighted by Crippen LogP contribution is -2.16. The molecule has 1 aromatic heterocycles. The average molecular weight is 344 g/mol. The first-order valence-electron chi connectivity index (χ1n) is 7.56. The lowest BCUT2D eigenvalue weighted by molar-refractivity contribution is 0.171. The van der Waals surface area contributed by atoms with Gasteiger partial charge in [0.2, 0.25) is 15.0 Å². The normalized spacial score (nSPS) is 14.0. The molecule has 2 aromatic carbocycles. The van der Waals surface area contributed by atoms with Crippen molar-refractivity contribution in [2.24, 2.45) is 0 Å². The molecule has 24 heavy (non-hydrogen) atoms. The van der Waals surface area contributed by atoms with Crippen molar-refractivity contribution < 1.29 is 17.9 Å². The Labute approximate surface area is 139 Å². The molecule has 0 spiro atoms. The summed E-state index contributed by atoms with van der Waals surface area (Å²) in [6.45, 7) is 1.44. The summed E-state index contributed by atoms with van der Waals surface area (Å²) in [6.07, 6.45) is 1.18. The summed E-state index contributed by atoms with van der Waals surface area (Å²) in [7, 11) is -3.44. The number of fused-ring (bicyclic) bond motifs is 2. The summed E-state index contributed by atoms with van der Waals surface area (Å²) in [5.41, 5.74) is 2.37. The zero-order chi connectivity index (χ0) is 16.7. The molecule has 0 radical (unpaired) electrons. The molecule has 6 nitrogen and oxygen atoms in total. The maximum absolute atomic E-state index is 12.1. The van der Waals surface area contributed by atoms with E-state index in [1.54, 1.807) is 4.57 Å². The first-order chi connectivity index (χ1) is 11.5. The molecule has 0 N–H and O–H groups in total. The van der Waals surface area contributed by atoms with Crippen LogP contribution in [-0.4, -0.2) is 37.4 Å². The molecule has 0 aliphatic carbocycles. The van der Waals surface area contributed by atoms with Gasteiger partial charge in [0, 0.05) is 6.26 Å². The van der Waals surface area contributed by atoms with Gasteiger partial charge < -0.3 is 14.0 Å². The van der Waals surface area contributed by atoms with E-state index in [1.807, 2.05) is 42.5 Å². The zero-order valence-corrected chi connectivity index (χ0v) is 13.9. The molecule has 0 saturated carbocycles. The number of hydrogen-bond donors (Lipinski definition) is 0. The molecule has 1 aliphatic rings. The van der Waals surface area contributed by atoms with Crippen molar-refractivity contribution in [1.82, 2.24) is 9.55 Å². The molecule has 0 saturated heterocycles. The van der Waals surface area contributed by atoms with Crippen molar-refractivity contribution in [3.63, 3.8) is 0 Å². The Kier molecular flexibility index (Phi) is 3.45. The van der Waals surface area contributed by atoms with Crippen molar-refractivity contribution in [1.29, 1.82) is 0 Å². The quantitative estimate of drug-likeness (QED) is 0.729. The van der Waals surface area contributed by atoms with Crippen molar-refractivity contribution in [3.8, 4) is 11.5 Å². The number of ether oxygens (including phenoxy) is 2. The Balaban J connectivity index is 1.82. The second-order valence-electron chi connectivity index (χ2n) is 5.72. The molecule has 0 atom stereocenters. The summed E-state index contributed by atoms with van der Waals surface area (Å²) in [6, 6.07) is 13.0. The Hall–Kier alpha value is -2.54. The second kappa shape index (κ2) is 5.52. The highest BCUT2D eigenvalue weighted by atomic mass is 32.2. The Morgan fingerprint density at radius 2 is 1.83 bits per heavy atom. The molecular formula is C17H16N2O4S. The molecule has 7 heteroatoms. The van der Waals surface area contributed by atoms with E-state index in [-0.39, 0.29) is 5.16 Å². The fourth-order valence-corrected chi connectivity index (χ4v) is 3.69. The third-order valence-electron chi connectivity index (χ3n) is 3.90. The highest BCUT2D eigenvalue weighted by Gasteiger charge is 2.20. The van der Waals surface area contributed by atoms with Gasteiger partial charge in [-0.25, -0.2) is 13.4 Å². The van der Waals surface area contributed by atoms with E-state index in [0.29, 0.717) is 36.8 Å². The van der Waals surface area contributed by atoms with Crippen LogP contribution >= 0.6 is 0 Å². The highest BCUT2D eigenvalue weighted by Crippen LogP contribution is 2.31. The maximum Gasteiger partial charge on any atom is 0.228 e. The van der Waals surface area contributed by atoms with Crippen LogP contribution in [0.15, 0.2) is 47.6 Å². The predicted octanol–water partition coefficient (Wildman–Crippen LogP) is 2.26. The molecule has 3 aromatic rings. The van der Waals surface area contributed by atoms with Gasteiger partial charge in [-0.2, -0.15) is 0 Å². The number of para-hydroxylation sites is 2. The van der Waals surface area contributed by atoms with E-state index >= 15 is 0 Å². The van der Waals surface area contributed by atoms with Crippen molar-refractivity contribution in [3.05, 3.63) is 48.0 Å². The van der Waals surface area contributed by atoms with Gasteiger partial charge in [0.25, 0.3) is 0 Å². The molecule has 4 rings (SSSR count). The maximum atomic E-state index is 12.1. The first-order valence-corrected chi connectivity index (χ1v) is 9.45. The zero-order valence-electron chi connectivity index (χ0n) is 13.1. The number of rotatable bonds is 3. The van der Waals surface area contributed by atoms with E-state index in [4.69, 9.17) is 9.47 Å². The van der Waals surface area contributed by atoms with Gasteiger partial charge in [0.15, 0.2) is 11.5 Å². The Bertz CT molecular complexity index is 1020. The van der Waals surface area contributed by atoms with Crippen molar-refractivity contribution in [2.75, 3.05) is 19.5 Å². The van der Waals surface area contributed by atoms with E-state index in [1.165, 1.54) is 6.26 Å². The standard InChI is InChI=1S/C17H16N2O4S/c1-24(20,21)17-18-13-4-2-3-5-14(13)19(17)11-12-6-7-15-16(10-12)23-9-8-22-15/h2-7,10H,8-9,11H2,1H3. The predicted molar refractivity (Wildman–Crippen MR) is 89.4 cm³/mol. The fourth-order valence-electron chi connectivity index (χ4n) is 2.86. The summed E-state index contributed by atoms with van der Waals surface area (Å²) in [5, 5.41) is 0.0681. The van der Waals surface area contributed by atoms with Gasteiger partial charge in [0.1, 0.15) is 13.2 Å². The van der Waals surface area contributed by atoms with Gasteiger partial charge >= 0.3 is 0 Å². The molecule has 0 bridgehead atoms. The number of imidazole rings is 1. The van der Waals surface area contributed by atoms with E-state index in [2.05, 4.69) is 4.98 Å². The second-order valence-corrected chi connectivity index (χ2v) is 7.63. The first kappa shape index (κ1) is 15.0. The minimum Gasteiger partial charge on any atom is -0.486 e. The molecule has 0 amide bonds.